The highest BCUT2D eigenvalue weighted by atomic mass is 19.1. The molecule has 2 aromatic carbocycles. The van der Waals surface area contributed by atoms with Crippen LogP contribution in [0.3, 0.4) is 0 Å². The summed E-state index contributed by atoms with van der Waals surface area (Å²) in [4.78, 5) is 0. The summed E-state index contributed by atoms with van der Waals surface area (Å²) >= 11 is 0. The minimum atomic E-state index is -0.309. The Morgan fingerprint density at radius 3 is 2.52 bits per heavy atom. The first kappa shape index (κ1) is 15.5. The van der Waals surface area contributed by atoms with Gasteiger partial charge in [0.2, 0.25) is 0 Å². The molecule has 0 spiro atoms. The third-order valence-electron chi connectivity index (χ3n) is 3.48. The van der Waals surface area contributed by atoms with Crippen LogP contribution in [0.25, 0.3) is 11.1 Å². The lowest BCUT2D eigenvalue weighted by Crippen LogP contribution is -2.21. The van der Waals surface area contributed by atoms with Crippen molar-refractivity contribution in [2.24, 2.45) is 0 Å². The van der Waals surface area contributed by atoms with Gasteiger partial charge in [-0.2, -0.15) is 0 Å². The Bertz CT molecular complexity index is 623. The summed E-state index contributed by atoms with van der Waals surface area (Å²) in [6.45, 7) is 7.06. The quantitative estimate of drug-likeness (QED) is 0.885. The number of aryl methyl sites for hydroxylation is 1. The summed E-state index contributed by atoms with van der Waals surface area (Å²) in [6, 6.07) is 11.8. The molecule has 0 fully saturated rings. The third kappa shape index (κ3) is 3.61. The first-order valence-electron chi connectivity index (χ1n) is 7.18. The molecule has 0 aromatic heterocycles. The van der Waals surface area contributed by atoms with Gasteiger partial charge in [0.25, 0.3) is 0 Å². The molecule has 0 saturated heterocycles. The molecule has 0 aliphatic rings. The van der Waals surface area contributed by atoms with Gasteiger partial charge in [-0.15, -0.1) is 0 Å². The molecule has 0 amide bonds. The normalized spacial score (nSPS) is 11.0. The van der Waals surface area contributed by atoms with Crippen molar-refractivity contribution in [1.82, 2.24) is 5.32 Å². The van der Waals surface area contributed by atoms with Crippen molar-refractivity contribution in [3.63, 3.8) is 0 Å². The molecule has 0 aliphatic carbocycles. The molecular formula is C18H22FNO. The van der Waals surface area contributed by atoms with Crippen LogP contribution in [0.4, 0.5) is 4.39 Å². The second-order valence-corrected chi connectivity index (χ2v) is 5.51. The second kappa shape index (κ2) is 6.72. The van der Waals surface area contributed by atoms with Crippen LogP contribution in [-0.4, -0.2) is 13.2 Å². The van der Waals surface area contributed by atoms with Crippen LogP contribution in [0.15, 0.2) is 36.4 Å². The lowest BCUT2D eigenvalue weighted by atomic mass is 9.97. The summed E-state index contributed by atoms with van der Waals surface area (Å²) in [5.41, 5.74) is 3.74. The van der Waals surface area contributed by atoms with E-state index in [4.69, 9.17) is 4.74 Å². The molecule has 0 saturated carbocycles. The van der Waals surface area contributed by atoms with Gasteiger partial charge in [-0.05, 0) is 29.7 Å². The topological polar surface area (TPSA) is 21.3 Å². The van der Waals surface area contributed by atoms with Gasteiger partial charge in [0.1, 0.15) is 0 Å². The van der Waals surface area contributed by atoms with E-state index < -0.39 is 0 Å². The summed E-state index contributed by atoms with van der Waals surface area (Å²) in [7, 11) is 1.48. The number of benzene rings is 2. The van der Waals surface area contributed by atoms with E-state index in [1.165, 1.54) is 12.7 Å². The van der Waals surface area contributed by atoms with E-state index in [2.05, 4.69) is 25.2 Å². The van der Waals surface area contributed by atoms with Crippen LogP contribution < -0.4 is 10.1 Å². The van der Waals surface area contributed by atoms with Crippen molar-refractivity contribution < 1.29 is 9.13 Å². The molecule has 1 N–H and O–H groups in total. The molecule has 3 heteroatoms. The monoisotopic (exact) mass is 287 g/mol. The number of ether oxygens (including phenoxy) is 1. The molecule has 0 radical (unpaired) electrons. The summed E-state index contributed by atoms with van der Waals surface area (Å²) in [5, 5.41) is 3.38. The zero-order chi connectivity index (χ0) is 15.4. The second-order valence-electron chi connectivity index (χ2n) is 5.51. The van der Waals surface area contributed by atoms with Crippen molar-refractivity contribution in [1.29, 1.82) is 0 Å². The first-order chi connectivity index (χ1) is 10.0. The Labute approximate surface area is 126 Å². The van der Waals surface area contributed by atoms with Gasteiger partial charge >= 0.3 is 0 Å². The highest BCUT2D eigenvalue weighted by Gasteiger charge is 2.12. The summed E-state index contributed by atoms with van der Waals surface area (Å²) in [6.07, 6.45) is 0. The third-order valence-corrected chi connectivity index (χ3v) is 3.48. The van der Waals surface area contributed by atoms with Crippen molar-refractivity contribution >= 4 is 0 Å². The van der Waals surface area contributed by atoms with Gasteiger partial charge < -0.3 is 10.1 Å². The molecule has 0 atom stereocenters. The highest BCUT2D eigenvalue weighted by Crippen LogP contribution is 2.31. The standard InChI is InChI=1S/C18H22FNO/c1-12(2)20-11-14-8-9-15(13(3)10-14)16-6-5-7-17(21-4)18(16)19/h5-10,12,20H,11H2,1-4H3. The maximum absolute atomic E-state index is 14.4. The maximum Gasteiger partial charge on any atom is 0.172 e. The Hall–Kier alpha value is -1.87. The fraction of sp³-hybridized carbons (Fsp3) is 0.333. The Morgan fingerprint density at radius 2 is 1.90 bits per heavy atom. The molecule has 21 heavy (non-hydrogen) atoms. The fourth-order valence-corrected chi connectivity index (χ4v) is 2.34. The smallest absolute Gasteiger partial charge is 0.172 e. The van der Waals surface area contributed by atoms with E-state index in [0.717, 1.165) is 17.7 Å². The van der Waals surface area contributed by atoms with Gasteiger partial charge in [0.05, 0.1) is 7.11 Å². The molecule has 0 unspecified atom stereocenters. The van der Waals surface area contributed by atoms with E-state index in [0.29, 0.717) is 11.6 Å². The largest absolute Gasteiger partial charge is 0.494 e. The minimum absolute atomic E-state index is 0.275. The van der Waals surface area contributed by atoms with Crippen molar-refractivity contribution in [3.05, 3.63) is 53.3 Å². The zero-order valence-electron chi connectivity index (χ0n) is 13.0. The molecule has 2 aromatic rings. The minimum Gasteiger partial charge on any atom is -0.494 e. The van der Waals surface area contributed by atoms with Gasteiger partial charge in [0.15, 0.2) is 11.6 Å². The van der Waals surface area contributed by atoms with Crippen molar-refractivity contribution in [2.45, 2.75) is 33.4 Å². The Balaban J connectivity index is 2.33. The van der Waals surface area contributed by atoms with Crippen LogP contribution >= 0.6 is 0 Å². The van der Waals surface area contributed by atoms with Gasteiger partial charge in [-0.25, -0.2) is 4.39 Å². The van der Waals surface area contributed by atoms with Crippen LogP contribution in [0.2, 0.25) is 0 Å². The maximum atomic E-state index is 14.4. The van der Waals surface area contributed by atoms with Crippen molar-refractivity contribution in [2.75, 3.05) is 7.11 Å². The molecular weight excluding hydrogens is 265 g/mol. The van der Waals surface area contributed by atoms with E-state index in [1.807, 2.05) is 25.1 Å². The molecule has 2 nitrogen and oxygen atoms in total. The summed E-state index contributed by atoms with van der Waals surface area (Å²) < 4.78 is 19.4. The number of methoxy groups -OCH3 is 1. The zero-order valence-corrected chi connectivity index (χ0v) is 13.0. The van der Waals surface area contributed by atoms with Crippen LogP contribution in [0.5, 0.6) is 5.75 Å². The average Bonchev–Trinajstić information content (AvgIpc) is 2.46. The number of nitrogens with one attached hydrogen (secondary N) is 1. The Morgan fingerprint density at radius 1 is 1.14 bits per heavy atom. The van der Waals surface area contributed by atoms with Crippen LogP contribution in [0.1, 0.15) is 25.0 Å². The average molecular weight is 287 g/mol. The number of hydrogen-bond donors (Lipinski definition) is 1. The fourth-order valence-electron chi connectivity index (χ4n) is 2.34. The van der Waals surface area contributed by atoms with E-state index in [-0.39, 0.29) is 11.6 Å². The molecule has 2 rings (SSSR count). The van der Waals surface area contributed by atoms with Crippen molar-refractivity contribution in [3.8, 4) is 16.9 Å². The first-order valence-corrected chi connectivity index (χ1v) is 7.18. The van der Waals surface area contributed by atoms with E-state index >= 15 is 0 Å². The predicted octanol–water partition coefficient (Wildman–Crippen LogP) is 4.31. The van der Waals surface area contributed by atoms with Crippen LogP contribution in [-0.2, 0) is 6.54 Å². The number of halogens is 1. The number of rotatable bonds is 5. The predicted molar refractivity (Wildman–Crippen MR) is 85.1 cm³/mol. The SMILES string of the molecule is COc1cccc(-c2ccc(CNC(C)C)cc2C)c1F. The Kier molecular flexibility index (Phi) is 4.97. The van der Waals surface area contributed by atoms with Crippen LogP contribution in [0, 0.1) is 12.7 Å². The highest BCUT2D eigenvalue weighted by molar-refractivity contribution is 5.69. The van der Waals surface area contributed by atoms with E-state index in [1.54, 1.807) is 12.1 Å². The summed E-state index contributed by atoms with van der Waals surface area (Å²) in [5.74, 6) is -0.0337. The molecule has 0 bridgehead atoms. The molecule has 112 valence electrons. The molecule has 0 heterocycles. The van der Waals surface area contributed by atoms with E-state index in [9.17, 15) is 4.39 Å². The van der Waals surface area contributed by atoms with Gasteiger partial charge in [-0.3, -0.25) is 0 Å². The lowest BCUT2D eigenvalue weighted by Gasteiger charge is -2.13. The molecule has 0 aliphatic heterocycles. The van der Waals surface area contributed by atoms with Gasteiger partial charge in [-0.1, -0.05) is 44.2 Å². The number of hydrogen-bond acceptors (Lipinski definition) is 2. The van der Waals surface area contributed by atoms with Gasteiger partial charge in [0, 0.05) is 18.2 Å². The lowest BCUT2D eigenvalue weighted by molar-refractivity contribution is 0.387.